The standard InChI is InChI=1S/C16H16FNO3/c1-20-15-7-5-12(6-8-15)10-21-11-16(18-19)13-3-2-4-14(17)9-13/h2-9,19H,10-11H2,1H3. The molecule has 2 rings (SSSR count). The smallest absolute Gasteiger partial charge is 0.123 e. The number of hydrogen-bond acceptors (Lipinski definition) is 4. The zero-order valence-corrected chi connectivity index (χ0v) is 11.6. The Kier molecular flexibility index (Phi) is 5.29. The molecule has 0 saturated heterocycles. The fourth-order valence-electron chi connectivity index (χ4n) is 1.83. The average molecular weight is 289 g/mol. The molecular weight excluding hydrogens is 273 g/mol. The summed E-state index contributed by atoms with van der Waals surface area (Å²) in [4.78, 5) is 0. The van der Waals surface area contributed by atoms with Crippen LogP contribution in [0.25, 0.3) is 0 Å². The van der Waals surface area contributed by atoms with Gasteiger partial charge in [-0.05, 0) is 29.8 Å². The third-order valence-corrected chi connectivity index (χ3v) is 2.95. The van der Waals surface area contributed by atoms with Crippen molar-refractivity contribution in [1.29, 1.82) is 0 Å². The summed E-state index contributed by atoms with van der Waals surface area (Å²) < 4.78 is 23.7. The molecular formula is C16H16FNO3. The van der Waals surface area contributed by atoms with E-state index >= 15 is 0 Å². The summed E-state index contributed by atoms with van der Waals surface area (Å²) in [5, 5.41) is 12.2. The molecule has 0 bridgehead atoms. The fraction of sp³-hybridized carbons (Fsp3) is 0.188. The molecule has 0 aliphatic heterocycles. The minimum absolute atomic E-state index is 0.0893. The lowest BCUT2D eigenvalue weighted by molar-refractivity contribution is 0.155. The lowest BCUT2D eigenvalue weighted by atomic mass is 10.1. The quantitative estimate of drug-likeness (QED) is 0.504. The molecule has 2 aromatic rings. The highest BCUT2D eigenvalue weighted by Crippen LogP contribution is 2.12. The maximum atomic E-state index is 13.1. The molecule has 0 fully saturated rings. The summed E-state index contributed by atoms with van der Waals surface area (Å²) in [5.41, 5.74) is 1.74. The van der Waals surface area contributed by atoms with E-state index in [0.717, 1.165) is 11.3 Å². The summed E-state index contributed by atoms with van der Waals surface area (Å²) in [6, 6.07) is 13.3. The van der Waals surface area contributed by atoms with Crippen molar-refractivity contribution in [3.63, 3.8) is 0 Å². The number of nitrogens with zero attached hydrogens (tertiary/aromatic N) is 1. The van der Waals surface area contributed by atoms with E-state index in [4.69, 9.17) is 14.7 Å². The lowest BCUT2D eigenvalue weighted by Crippen LogP contribution is -2.11. The van der Waals surface area contributed by atoms with Gasteiger partial charge in [0.2, 0.25) is 0 Å². The van der Waals surface area contributed by atoms with Gasteiger partial charge in [-0.2, -0.15) is 0 Å². The van der Waals surface area contributed by atoms with Gasteiger partial charge >= 0.3 is 0 Å². The maximum absolute atomic E-state index is 13.1. The summed E-state index contributed by atoms with van der Waals surface area (Å²) in [5.74, 6) is 0.389. The van der Waals surface area contributed by atoms with Gasteiger partial charge in [0.15, 0.2) is 0 Å². The van der Waals surface area contributed by atoms with Crippen LogP contribution in [0.4, 0.5) is 4.39 Å². The van der Waals surface area contributed by atoms with Crippen molar-refractivity contribution in [2.45, 2.75) is 6.61 Å². The van der Waals surface area contributed by atoms with E-state index in [0.29, 0.717) is 12.2 Å². The highest BCUT2D eigenvalue weighted by molar-refractivity contribution is 6.01. The van der Waals surface area contributed by atoms with Gasteiger partial charge in [0.1, 0.15) is 17.3 Å². The summed E-state index contributed by atoms with van der Waals surface area (Å²) in [7, 11) is 1.61. The number of benzene rings is 2. The number of rotatable bonds is 6. The molecule has 1 N–H and O–H groups in total. The van der Waals surface area contributed by atoms with Crippen LogP contribution in [-0.2, 0) is 11.3 Å². The Labute approximate surface area is 122 Å². The van der Waals surface area contributed by atoms with Crippen molar-refractivity contribution >= 4 is 5.71 Å². The predicted molar refractivity (Wildman–Crippen MR) is 77.4 cm³/mol. The Bertz CT molecular complexity index is 611. The Morgan fingerprint density at radius 1 is 1.19 bits per heavy atom. The minimum atomic E-state index is -0.385. The van der Waals surface area contributed by atoms with Crippen LogP contribution in [0.5, 0.6) is 5.75 Å². The van der Waals surface area contributed by atoms with E-state index in [1.165, 1.54) is 12.1 Å². The van der Waals surface area contributed by atoms with E-state index in [-0.39, 0.29) is 18.1 Å². The molecule has 0 unspecified atom stereocenters. The van der Waals surface area contributed by atoms with Crippen LogP contribution >= 0.6 is 0 Å². The minimum Gasteiger partial charge on any atom is -0.497 e. The second kappa shape index (κ2) is 7.40. The van der Waals surface area contributed by atoms with Gasteiger partial charge in [0.25, 0.3) is 0 Å². The molecule has 4 nitrogen and oxygen atoms in total. The van der Waals surface area contributed by atoms with Crippen LogP contribution in [-0.4, -0.2) is 24.6 Å². The molecule has 0 aliphatic rings. The van der Waals surface area contributed by atoms with E-state index in [2.05, 4.69) is 5.16 Å². The van der Waals surface area contributed by atoms with E-state index < -0.39 is 0 Å². The molecule has 0 heterocycles. The SMILES string of the molecule is COc1ccc(COCC(=NO)c2cccc(F)c2)cc1. The van der Waals surface area contributed by atoms with Gasteiger partial charge < -0.3 is 14.7 Å². The predicted octanol–water partition coefficient (Wildman–Crippen LogP) is 3.23. The normalized spacial score (nSPS) is 11.4. The third-order valence-electron chi connectivity index (χ3n) is 2.95. The number of methoxy groups -OCH3 is 1. The van der Waals surface area contributed by atoms with Crippen LogP contribution in [0, 0.1) is 5.82 Å². The molecule has 110 valence electrons. The molecule has 0 saturated carbocycles. The first-order chi connectivity index (χ1) is 10.2. The van der Waals surface area contributed by atoms with Crippen LogP contribution in [0.2, 0.25) is 0 Å². The zero-order valence-electron chi connectivity index (χ0n) is 11.6. The molecule has 2 aromatic carbocycles. The van der Waals surface area contributed by atoms with Crippen LogP contribution < -0.4 is 4.74 Å². The summed E-state index contributed by atoms with van der Waals surface area (Å²) in [6.45, 7) is 0.449. The van der Waals surface area contributed by atoms with E-state index in [1.807, 2.05) is 24.3 Å². The van der Waals surface area contributed by atoms with Crippen molar-refractivity contribution in [2.24, 2.45) is 5.16 Å². The van der Waals surface area contributed by atoms with Gasteiger partial charge in [0.05, 0.1) is 20.3 Å². The number of halogens is 1. The fourth-order valence-corrected chi connectivity index (χ4v) is 1.83. The molecule has 0 aliphatic carbocycles. The Morgan fingerprint density at radius 3 is 2.57 bits per heavy atom. The topological polar surface area (TPSA) is 51.0 Å². The molecule has 0 amide bonds. The molecule has 0 aromatic heterocycles. The van der Waals surface area contributed by atoms with Crippen molar-refractivity contribution in [3.8, 4) is 5.75 Å². The number of oxime groups is 1. The third kappa shape index (κ3) is 4.29. The highest BCUT2D eigenvalue weighted by atomic mass is 19.1. The lowest BCUT2D eigenvalue weighted by Gasteiger charge is -2.07. The van der Waals surface area contributed by atoms with Gasteiger partial charge in [-0.3, -0.25) is 0 Å². The summed E-state index contributed by atoms with van der Waals surface area (Å²) in [6.07, 6.45) is 0. The molecule has 0 atom stereocenters. The second-order valence-corrected chi connectivity index (χ2v) is 4.40. The monoisotopic (exact) mass is 289 g/mol. The van der Waals surface area contributed by atoms with Gasteiger partial charge in [-0.1, -0.05) is 29.4 Å². The molecule has 5 heteroatoms. The average Bonchev–Trinajstić information content (AvgIpc) is 2.52. The number of hydrogen-bond donors (Lipinski definition) is 1. The number of ether oxygens (including phenoxy) is 2. The van der Waals surface area contributed by atoms with Crippen molar-refractivity contribution in [3.05, 3.63) is 65.5 Å². The Morgan fingerprint density at radius 2 is 1.95 bits per heavy atom. The molecule has 21 heavy (non-hydrogen) atoms. The van der Waals surface area contributed by atoms with Crippen LogP contribution in [0.15, 0.2) is 53.7 Å². The largest absolute Gasteiger partial charge is 0.497 e. The summed E-state index contributed by atoms with van der Waals surface area (Å²) >= 11 is 0. The van der Waals surface area contributed by atoms with Gasteiger partial charge in [-0.25, -0.2) is 4.39 Å². The second-order valence-electron chi connectivity index (χ2n) is 4.40. The first-order valence-corrected chi connectivity index (χ1v) is 6.40. The van der Waals surface area contributed by atoms with Crippen LogP contribution in [0.1, 0.15) is 11.1 Å². The van der Waals surface area contributed by atoms with Crippen molar-refractivity contribution in [1.82, 2.24) is 0 Å². The van der Waals surface area contributed by atoms with Gasteiger partial charge in [-0.15, -0.1) is 0 Å². The highest BCUT2D eigenvalue weighted by Gasteiger charge is 2.06. The molecule has 0 spiro atoms. The Hall–Kier alpha value is -2.40. The van der Waals surface area contributed by atoms with Crippen LogP contribution in [0.3, 0.4) is 0 Å². The Balaban J connectivity index is 1.91. The van der Waals surface area contributed by atoms with E-state index in [1.54, 1.807) is 19.2 Å². The molecule has 0 radical (unpaired) electrons. The maximum Gasteiger partial charge on any atom is 0.123 e. The van der Waals surface area contributed by atoms with E-state index in [9.17, 15) is 4.39 Å². The first kappa shape index (κ1) is 15.0. The van der Waals surface area contributed by atoms with Gasteiger partial charge in [0, 0.05) is 5.56 Å². The van der Waals surface area contributed by atoms with Crippen molar-refractivity contribution in [2.75, 3.05) is 13.7 Å². The van der Waals surface area contributed by atoms with Crippen molar-refractivity contribution < 1.29 is 19.1 Å². The zero-order chi connectivity index (χ0) is 15.1. The first-order valence-electron chi connectivity index (χ1n) is 6.40.